The predicted molar refractivity (Wildman–Crippen MR) is 57.5 cm³/mol. The minimum absolute atomic E-state index is 0.0195. The van der Waals surface area contributed by atoms with Crippen molar-refractivity contribution < 1.29 is 9.47 Å². The average molecular weight is 210 g/mol. The molecular formula is C11H14O2S. The third kappa shape index (κ3) is 3.01. The van der Waals surface area contributed by atoms with Gasteiger partial charge in [-0.3, -0.25) is 0 Å². The van der Waals surface area contributed by atoms with Gasteiger partial charge in [0.05, 0.1) is 13.2 Å². The zero-order valence-electron chi connectivity index (χ0n) is 8.02. The summed E-state index contributed by atoms with van der Waals surface area (Å²) in [6.45, 7) is 1.67. The quantitative estimate of drug-likeness (QED) is 0.714. The van der Waals surface area contributed by atoms with Crippen LogP contribution >= 0.6 is 11.8 Å². The molecule has 0 aliphatic carbocycles. The van der Waals surface area contributed by atoms with E-state index in [-0.39, 0.29) is 6.29 Å². The minimum Gasteiger partial charge on any atom is -0.352 e. The van der Waals surface area contributed by atoms with E-state index in [1.54, 1.807) is 11.8 Å². The van der Waals surface area contributed by atoms with Crippen LogP contribution in [0.2, 0.25) is 0 Å². The third-order valence-corrected chi connectivity index (χ3v) is 3.07. The fourth-order valence-corrected chi connectivity index (χ4v) is 2.18. The summed E-state index contributed by atoms with van der Waals surface area (Å²) < 4.78 is 10.9. The SMILES string of the molecule is c1ccc(SCC2OCCCO2)cc1. The molecule has 0 radical (unpaired) electrons. The summed E-state index contributed by atoms with van der Waals surface area (Å²) in [5, 5.41) is 0. The van der Waals surface area contributed by atoms with Crippen LogP contribution in [0.5, 0.6) is 0 Å². The van der Waals surface area contributed by atoms with Crippen LogP contribution in [0.3, 0.4) is 0 Å². The molecule has 1 aromatic carbocycles. The second-order valence-corrected chi connectivity index (χ2v) is 4.24. The summed E-state index contributed by atoms with van der Waals surface area (Å²) in [7, 11) is 0. The predicted octanol–water partition coefficient (Wildman–Crippen LogP) is 2.54. The summed E-state index contributed by atoms with van der Waals surface area (Å²) in [4.78, 5) is 1.27. The zero-order valence-corrected chi connectivity index (χ0v) is 8.83. The van der Waals surface area contributed by atoms with E-state index < -0.39 is 0 Å². The van der Waals surface area contributed by atoms with E-state index >= 15 is 0 Å². The summed E-state index contributed by atoms with van der Waals surface area (Å²) in [5.41, 5.74) is 0. The van der Waals surface area contributed by atoms with Crippen LogP contribution in [0.1, 0.15) is 6.42 Å². The Morgan fingerprint density at radius 3 is 2.57 bits per heavy atom. The number of hydrogen-bond acceptors (Lipinski definition) is 3. The molecule has 2 nitrogen and oxygen atoms in total. The molecule has 0 bridgehead atoms. The maximum absolute atomic E-state index is 5.46. The normalized spacial score (nSPS) is 18.3. The first-order valence-corrected chi connectivity index (χ1v) is 5.85. The van der Waals surface area contributed by atoms with Gasteiger partial charge in [-0.05, 0) is 18.6 Å². The van der Waals surface area contributed by atoms with Crippen LogP contribution in [-0.4, -0.2) is 25.3 Å². The average Bonchev–Trinajstić information content (AvgIpc) is 2.29. The van der Waals surface area contributed by atoms with Crippen molar-refractivity contribution >= 4 is 11.8 Å². The van der Waals surface area contributed by atoms with Crippen molar-refractivity contribution in [2.75, 3.05) is 19.0 Å². The number of ether oxygens (including phenoxy) is 2. The smallest absolute Gasteiger partial charge is 0.166 e. The molecule has 1 fully saturated rings. The van der Waals surface area contributed by atoms with E-state index in [1.807, 2.05) is 18.2 Å². The van der Waals surface area contributed by atoms with Gasteiger partial charge < -0.3 is 9.47 Å². The van der Waals surface area contributed by atoms with Gasteiger partial charge >= 0.3 is 0 Å². The summed E-state index contributed by atoms with van der Waals surface area (Å²) >= 11 is 1.78. The maximum Gasteiger partial charge on any atom is 0.166 e. The summed E-state index contributed by atoms with van der Waals surface area (Å²) in [6, 6.07) is 10.3. The first-order chi connectivity index (χ1) is 6.95. The Balaban J connectivity index is 1.76. The molecule has 0 aromatic heterocycles. The maximum atomic E-state index is 5.46. The molecule has 0 amide bonds. The molecular weight excluding hydrogens is 196 g/mol. The van der Waals surface area contributed by atoms with Crippen LogP contribution in [0.4, 0.5) is 0 Å². The van der Waals surface area contributed by atoms with Gasteiger partial charge in [-0.2, -0.15) is 0 Å². The molecule has 1 aliphatic heterocycles. The number of thioether (sulfide) groups is 1. The third-order valence-electron chi connectivity index (χ3n) is 2.03. The van der Waals surface area contributed by atoms with Crippen molar-refractivity contribution in [3.63, 3.8) is 0 Å². The second kappa shape index (κ2) is 5.39. The minimum atomic E-state index is -0.0195. The van der Waals surface area contributed by atoms with Crippen LogP contribution < -0.4 is 0 Å². The molecule has 1 heterocycles. The van der Waals surface area contributed by atoms with Gasteiger partial charge in [0.1, 0.15) is 0 Å². The molecule has 14 heavy (non-hydrogen) atoms. The van der Waals surface area contributed by atoms with Crippen molar-refractivity contribution in [2.24, 2.45) is 0 Å². The van der Waals surface area contributed by atoms with Gasteiger partial charge in [-0.15, -0.1) is 11.8 Å². The highest BCUT2D eigenvalue weighted by atomic mass is 32.2. The molecule has 0 unspecified atom stereocenters. The Bertz CT molecular complexity index is 257. The lowest BCUT2D eigenvalue weighted by atomic mass is 10.4. The molecule has 0 spiro atoms. The zero-order chi connectivity index (χ0) is 9.64. The Kier molecular flexibility index (Phi) is 3.86. The van der Waals surface area contributed by atoms with Gasteiger partial charge in [0.2, 0.25) is 0 Å². The fraction of sp³-hybridized carbons (Fsp3) is 0.455. The van der Waals surface area contributed by atoms with Gasteiger partial charge in [-0.1, -0.05) is 18.2 Å². The van der Waals surface area contributed by atoms with Crippen molar-refractivity contribution in [1.82, 2.24) is 0 Å². The molecule has 1 saturated heterocycles. The Hall–Kier alpha value is -0.510. The van der Waals surface area contributed by atoms with Crippen LogP contribution in [-0.2, 0) is 9.47 Å². The highest BCUT2D eigenvalue weighted by molar-refractivity contribution is 7.99. The van der Waals surface area contributed by atoms with E-state index in [9.17, 15) is 0 Å². The lowest BCUT2D eigenvalue weighted by molar-refractivity contribution is -0.164. The largest absolute Gasteiger partial charge is 0.352 e. The van der Waals surface area contributed by atoms with Crippen molar-refractivity contribution in [2.45, 2.75) is 17.6 Å². The molecule has 3 heteroatoms. The second-order valence-electron chi connectivity index (χ2n) is 3.15. The Morgan fingerprint density at radius 2 is 1.86 bits per heavy atom. The topological polar surface area (TPSA) is 18.5 Å². The van der Waals surface area contributed by atoms with E-state index in [0.717, 1.165) is 25.4 Å². The van der Waals surface area contributed by atoms with Gasteiger partial charge in [-0.25, -0.2) is 0 Å². The molecule has 1 aromatic rings. The molecule has 0 saturated carbocycles. The Labute approximate surface area is 88.6 Å². The summed E-state index contributed by atoms with van der Waals surface area (Å²) in [6.07, 6.45) is 1.00. The molecule has 1 aliphatic rings. The lowest BCUT2D eigenvalue weighted by Gasteiger charge is -2.22. The van der Waals surface area contributed by atoms with Crippen LogP contribution in [0.15, 0.2) is 35.2 Å². The van der Waals surface area contributed by atoms with Crippen molar-refractivity contribution in [3.05, 3.63) is 30.3 Å². The monoisotopic (exact) mass is 210 g/mol. The van der Waals surface area contributed by atoms with E-state index in [4.69, 9.17) is 9.47 Å². The number of benzene rings is 1. The fourth-order valence-electron chi connectivity index (χ4n) is 1.31. The van der Waals surface area contributed by atoms with E-state index in [2.05, 4.69) is 12.1 Å². The highest BCUT2D eigenvalue weighted by Gasteiger charge is 2.13. The number of hydrogen-bond donors (Lipinski definition) is 0. The van der Waals surface area contributed by atoms with E-state index in [1.165, 1.54) is 4.90 Å². The van der Waals surface area contributed by atoms with Crippen molar-refractivity contribution in [1.29, 1.82) is 0 Å². The van der Waals surface area contributed by atoms with Crippen molar-refractivity contribution in [3.8, 4) is 0 Å². The Morgan fingerprint density at radius 1 is 1.14 bits per heavy atom. The van der Waals surface area contributed by atoms with Crippen LogP contribution in [0.25, 0.3) is 0 Å². The first kappa shape index (κ1) is 10.0. The highest BCUT2D eigenvalue weighted by Crippen LogP contribution is 2.20. The van der Waals surface area contributed by atoms with E-state index in [0.29, 0.717) is 0 Å². The standard InChI is InChI=1S/C11H14O2S/c1-2-5-10(6-3-1)14-9-11-12-7-4-8-13-11/h1-3,5-6,11H,4,7-9H2. The summed E-state index contributed by atoms with van der Waals surface area (Å²) in [5.74, 6) is 0.879. The molecule has 0 N–H and O–H groups in total. The van der Waals surface area contributed by atoms with Crippen LogP contribution in [0, 0.1) is 0 Å². The van der Waals surface area contributed by atoms with Gasteiger partial charge in [0.25, 0.3) is 0 Å². The molecule has 2 rings (SSSR count). The first-order valence-electron chi connectivity index (χ1n) is 4.86. The number of rotatable bonds is 3. The molecule has 76 valence electrons. The van der Waals surface area contributed by atoms with Gasteiger partial charge in [0, 0.05) is 10.6 Å². The lowest BCUT2D eigenvalue weighted by Crippen LogP contribution is -2.26. The molecule has 0 atom stereocenters. The van der Waals surface area contributed by atoms with Gasteiger partial charge in [0.15, 0.2) is 6.29 Å².